The van der Waals surface area contributed by atoms with E-state index in [0.717, 1.165) is 6.07 Å². The van der Waals surface area contributed by atoms with Crippen molar-refractivity contribution in [2.75, 3.05) is 7.11 Å². The highest BCUT2D eigenvalue weighted by molar-refractivity contribution is 5.44. The molecule has 1 aromatic rings. The van der Waals surface area contributed by atoms with E-state index in [-0.39, 0.29) is 11.5 Å². The monoisotopic (exact) mass is 217 g/mol. The van der Waals surface area contributed by atoms with Gasteiger partial charge in [-0.1, -0.05) is 12.6 Å². The molecule has 0 unspecified atom stereocenters. The first-order valence-electron chi connectivity index (χ1n) is 3.93. The number of alkyl halides is 3. The van der Waals surface area contributed by atoms with Crippen LogP contribution in [0.4, 0.5) is 13.2 Å². The Kier molecular flexibility index (Phi) is 3.24. The molecule has 0 heterocycles. The lowest BCUT2D eigenvalue weighted by Crippen LogP contribution is -2.17. The number of halogens is 3. The van der Waals surface area contributed by atoms with Crippen LogP contribution >= 0.6 is 0 Å². The summed E-state index contributed by atoms with van der Waals surface area (Å²) in [5.74, 6) is -0.398. The van der Waals surface area contributed by atoms with Crippen molar-refractivity contribution in [1.82, 2.24) is 0 Å². The third kappa shape index (κ3) is 3.19. The van der Waals surface area contributed by atoms with Gasteiger partial charge in [0, 0.05) is 0 Å². The van der Waals surface area contributed by atoms with Crippen molar-refractivity contribution >= 4 is 0 Å². The Morgan fingerprint density at radius 2 is 1.93 bits per heavy atom. The zero-order valence-corrected chi connectivity index (χ0v) is 7.89. The van der Waals surface area contributed by atoms with Crippen LogP contribution in [0.15, 0.2) is 24.8 Å². The number of rotatable bonds is 3. The summed E-state index contributed by atoms with van der Waals surface area (Å²) in [6, 6.07) is 3.91. The van der Waals surface area contributed by atoms with Gasteiger partial charge in [0.25, 0.3) is 0 Å². The van der Waals surface area contributed by atoms with Gasteiger partial charge < -0.3 is 9.47 Å². The molecule has 1 rings (SSSR count). The first-order valence-corrected chi connectivity index (χ1v) is 3.93. The second kappa shape index (κ2) is 4.25. The molecule has 0 spiro atoms. The predicted octanol–water partition coefficient (Wildman–Crippen LogP) is 2.93. The van der Waals surface area contributed by atoms with Crippen LogP contribution in [0.3, 0.4) is 0 Å². The Balaban J connectivity index is 3.02. The van der Waals surface area contributed by atoms with Crippen molar-refractivity contribution in [1.29, 1.82) is 0 Å². The minimum absolute atomic E-state index is 0.0130. The van der Waals surface area contributed by atoms with Crippen LogP contribution in [0, 0.1) is 6.08 Å². The normalized spacial score (nSPS) is 10.9. The second-order valence-electron chi connectivity index (χ2n) is 2.59. The molecule has 0 fully saturated rings. The summed E-state index contributed by atoms with van der Waals surface area (Å²) in [6.07, 6.45) is -2.20. The second-order valence-corrected chi connectivity index (χ2v) is 2.59. The molecule has 0 aliphatic carbocycles. The molecule has 1 aromatic carbocycles. The van der Waals surface area contributed by atoms with Crippen LogP contribution in [0.5, 0.6) is 11.5 Å². The quantitative estimate of drug-likeness (QED) is 0.774. The Morgan fingerprint density at radius 3 is 2.40 bits per heavy atom. The maximum absolute atomic E-state index is 11.9. The van der Waals surface area contributed by atoms with Crippen molar-refractivity contribution in [3.8, 4) is 11.5 Å². The van der Waals surface area contributed by atoms with E-state index in [0.29, 0.717) is 5.56 Å². The summed E-state index contributed by atoms with van der Waals surface area (Å²) in [7, 11) is 1.26. The van der Waals surface area contributed by atoms with E-state index in [1.54, 1.807) is 0 Å². The van der Waals surface area contributed by atoms with Gasteiger partial charge in [0.15, 0.2) is 11.5 Å². The smallest absolute Gasteiger partial charge is 0.493 e. The Bertz CT molecular complexity index is 358. The van der Waals surface area contributed by atoms with Gasteiger partial charge in [-0.05, 0) is 23.8 Å². The highest BCUT2D eigenvalue weighted by atomic mass is 19.4. The standard InChI is InChI=1S/C10H8F3O2/c1-3-7-4-5-8(9(6-7)14-2)15-10(11,12)13/h4-6H,1H2,2H3. The molecule has 0 saturated carbocycles. The van der Waals surface area contributed by atoms with E-state index in [2.05, 4.69) is 17.4 Å². The SMILES string of the molecule is C=[C]c1ccc(OC(F)(F)F)c(OC)c1. The molecule has 0 aromatic heterocycles. The number of ether oxygens (including phenoxy) is 2. The average Bonchev–Trinajstić information content (AvgIpc) is 2.16. The first kappa shape index (κ1) is 11.4. The number of methoxy groups -OCH3 is 1. The number of hydrogen-bond acceptors (Lipinski definition) is 2. The van der Waals surface area contributed by atoms with Gasteiger partial charge in [-0.25, -0.2) is 0 Å². The molecule has 0 aliphatic rings. The molecule has 0 amide bonds. The molecule has 81 valence electrons. The maximum atomic E-state index is 11.9. The van der Waals surface area contributed by atoms with Crippen LogP contribution in [-0.2, 0) is 0 Å². The average molecular weight is 217 g/mol. The van der Waals surface area contributed by atoms with Gasteiger partial charge >= 0.3 is 6.36 Å². The lowest BCUT2D eigenvalue weighted by Gasteiger charge is -2.12. The molecule has 0 atom stereocenters. The van der Waals surface area contributed by atoms with Gasteiger partial charge in [0.1, 0.15) is 0 Å². The molecule has 15 heavy (non-hydrogen) atoms. The van der Waals surface area contributed by atoms with Gasteiger partial charge in [0.2, 0.25) is 0 Å². The minimum Gasteiger partial charge on any atom is -0.493 e. The summed E-state index contributed by atoms with van der Waals surface area (Å²) < 4.78 is 44.3. The molecule has 1 radical (unpaired) electrons. The van der Waals surface area contributed by atoms with Crippen LogP contribution < -0.4 is 9.47 Å². The summed E-state index contributed by atoms with van der Waals surface area (Å²) in [5, 5.41) is 0. The fourth-order valence-corrected chi connectivity index (χ4v) is 0.987. The van der Waals surface area contributed by atoms with Crippen molar-refractivity contribution in [2.24, 2.45) is 0 Å². The highest BCUT2D eigenvalue weighted by Crippen LogP contribution is 2.32. The lowest BCUT2D eigenvalue weighted by atomic mass is 10.2. The molecular formula is C10H8F3O2. The summed E-state index contributed by atoms with van der Waals surface area (Å²) in [5.41, 5.74) is 0.529. The van der Waals surface area contributed by atoms with Crippen molar-refractivity contribution in [3.63, 3.8) is 0 Å². The van der Waals surface area contributed by atoms with Crippen LogP contribution in [0.25, 0.3) is 0 Å². The molecule has 5 heteroatoms. The van der Waals surface area contributed by atoms with Crippen molar-refractivity contribution < 1.29 is 22.6 Å². The number of benzene rings is 1. The zero-order chi connectivity index (χ0) is 11.5. The van der Waals surface area contributed by atoms with E-state index in [4.69, 9.17) is 4.74 Å². The summed E-state index contributed by atoms with van der Waals surface area (Å²) in [4.78, 5) is 0. The Labute approximate surface area is 84.9 Å². The Morgan fingerprint density at radius 1 is 1.27 bits per heavy atom. The van der Waals surface area contributed by atoms with Crippen LogP contribution in [-0.4, -0.2) is 13.5 Å². The van der Waals surface area contributed by atoms with Crippen LogP contribution in [0.1, 0.15) is 5.56 Å². The van der Waals surface area contributed by atoms with Gasteiger partial charge in [0.05, 0.1) is 7.11 Å². The van der Waals surface area contributed by atoms with Gasteiger partial charge in [-0.2, -0.15) is 0 Å². The van der Waals surface area contributed by atoms with E-state index in [9.17, 15) is 13.2 Å². The third-order valence-electron chi connectivity index (χ3n) is 1.59. The molecule has 0 N–H and O–H groups in total. The fourth-order valence-electron chi connectivity index (χ4n) is 0.987. The predicted molar refractivity (Wildman–Crippen MR) is 47.6 cm³/mol. The lowest BCUT2D eigenvalue weighted by molar-refractivity contribution is -0.275. The van der Waals surface area contributed by atoms with Gasteiger partial charge in [-0.3, -0.25) is 0 Å². The largest absolute Gasteiger partial charge is 0.573 e. The highest BCUT2D eigenvalue weighted by Gasteiger charge is 2.32. The molecule has 2 nitrogen and oxygen atoms in total. The fraction of sp³-hybridized carbons (Fsp3) is 0.200. The summed E-state index contributed by atoms with van der Waals surface area (Å²) >= 11 is 0. The van der Waals surface area contributed by atoms with E-state index < -0.39 is 6.36 Å². The third-order valence-corrected chi connectivity index (χ3v) is 1.59. The van der Waals surface area contributed by atoms with E-state index >= 15 is 0 Å². The number of hydrogen-bond donors (Lipinski definition) is 0. The van der Waals surface area contributed by atoms with Crippen molar-refractivity contribution in [2.45, 2.75) is 6.36 Å². The molecule has 0 saturated heterocycles. The minimum atomic E-state index is -4.73. The molecule has 0 bridgehead atoms. The van der Waals surface area contributed by atoms with Gasteiger partial charge in [-0.15, -0.1) is 13.2 Å². The molecular weight excluding hydrogens is 209 g/mol. The maximum Gasteiger partial charge on any atom is 0.573 e. The zero-order valence-electron chi connectivity index (χ0n) is 7.89. The molecule has 0 aliphatic heterocycles. The van der Waals surface area contributed by atoms with Crippen molar-refractivity contribution in [3.05, 3.63) is 36.4 Å². The van der Waals surface area contributed by atoms with E-state index in [1.165, 1.54) is 19.2 Å². The van der Waals surface area contributed by atoms with Crippen LogP contribution in [0.2, 0.25) is 0 Å². The van der Waals surface area contributed by atoms with E-state index in [1.807, 2.05) is 0 Å². The summed E-state index contributed by atoms with van der Waals surface area (Å²) in [6.45, 7) is 3.37. The topological polar surface area (TPSA) is 18.5 Å². The Hall–Kier alpha value is -1.65. The first-order chi connectivity index (χ1) is 6.96.